The molecule has 3 aromatic carbocycles. The summed E-state index contributed by atoms with van der Waals surface area (Å²) in [6, 6.07) is 22.4. The average molecular weight is 479 g/mol. The zero-order valence-corrected chi connectivity index (χ0v) is 19.0. The number of hydrogen-bond donors (Lipinski definition) is 0. The fourth-order valence-electron chi connectivity index (χ4n) is 4.18. The Balaban J connectivity index is 1.61. The second kappa shape index (κ2) is 8.27. The predicted molar refractivity (Wildman–Crippen MR) is 124 cm³/mol. The molecule has 0 unspecified atom stereocenters. The SMILES string of the molecule is CCOc1cccc2c1O[C@@H](c1cccc(OC)c1)N1N=C(c3ccc(Br)cc3)C[C@@H]21. The molecule has 0 bridgehead atoms. The van der Waals surface area contributed by atoms with Crippen LogP contribution in [0.15, 0.2) is 76.3 Å². The molecule has 158 valence electrons. The van der Waals surface area contributed by atoms with Crippen molar-refractivity contribution in [1.29, 1.82) is 0 Å². The van der Waals surface area contributed by atoms with E-state index >= 15 is 0 Å². The molecule has 0 aromatic heterocycles. The lowest BCUT2D eigenvalue weighted by Gasteiger charge is -2.38. The van der Waals surface area contributed by atoms with Crippen LogP contribution in [0.3, 0.4) is 0 Å². The summed E-state index contributed by atoms with van der Waals surface area (Å²) in [5.41, 5.74) is 4.25. The largest absolute Gasteiger partial charge is 0.497 e. The molecule has 0 saturated heterocycles. The fraction of sp³-hybridized carbons (Fsp3) is 0.240. The summed E-state index contributed by atoms with van der Waals surface area (Å²) in [7, 11) is 1.67. The minimum Gasteiger partial charge on any atom is -0.497 e. The van der Waals surface area contributed by atoms with Crippen molar-refractivity contribution in [2.75, 3.05) is 13.7 Å². The summed E-state index contributed by atoms with van der Waals surface area (Å²) in [6.45, 7) is 2.57. The monoisotopic (exact) mass is 478 g/mol. The lowest BCUT2D eigenvalue weighted by molar-refractivity contribution is -0.0213. The highest BCUT2D eigenvalue weighted by Crippen LogP contribution is 2.51. The highest BCUT2D eigenvalue weighted by Gasteiger charge is 2.42. The molecule has 2 aliphatic rings. The van der Waals surface area contributed by atoms with E-state index in [-0.39, 0.29) is 12.3 Å². The number of nitrogens with zero attached hydrogens (tertiary/aromatic N) is 2. The minimum atomic E-state index is -0.373. The fourth-order valence-corrected chi connectivity index (χ4v) is 4.45. The quantitative estimate of drug-likeness (QED) is 0.444. The van der Waals surface area contributed by atoms with Gasteiger partial charge in [0.1, 0.15) is 5.75 Å². The Morgan fingerprint density at radius 3 is 2.68 bits per heavy atom. The van der Waals surface area contributed by atoms with E-state index in [0.717, 1.165) is 50.5 Å². The van der Waals surface area contributed by atoms with Crippen molar-refractivity contribution in [1.82, 2.24) is 5.01 Å². The first kappa shape index (κ1) is 19.9. The van der Waals surface area contributed by atoms with Gasteiger partial charge in [0.25, 0.3) is 0 Å². The van der Waals surface area contributed by atoms with Gasteiger partial charge in [-0.1, -0.05) is 52.3 Å². The Labute approximate surface area is 190 Å². The highest BCUT2D eigenvalue weighted by molar-refractivity contribution is 9.10. The third kappa shape index (κ3) is 3.65. The molecule has 0 saturated carbocycles. The summed E-state index contributed by atoms with van der Waals surface area (Å²) in [5.74, 6) is 2.35. The van der Waals surface area contributed by atoms with E-state index in [1.54, 1.807) is 7.11 Å². The van der Waals surface area contributed by atoms with E-state index in [2.05, 4.69) is 39.1 Å². The number of hydrazone groups is 1. The average Bonchev–Trinajstić information content (AvgIpc) is 3.25. The molecule has 5 rings (SSSR count). The molecule has 31 heavy (non-hydrogen) atoms. The molecule has 0 radical (unpaired) electrons. The number of para-hydroxylation sites is 1. The third-order valence-corrected chi connectivity index (χ3v) is 6.17. The van der Waals surface area contributed by atoms with Crippen molar-refractivity contribution in [3.8, 4) is 17.2 Å². The maximum Gasteiger partial charge on any atom is 0.214 e. The molecule has 2 heterocycles. The van der Waals surface area contributed by atoms with Crippen LogP contribution < -0.4 is 14.2 Å². The Morgan fingerprint density at radius 2 is 1.90 bits per heavy atom. The number of halogens is 1. The van der Waals surface area contributed by atoms with E-state index in [1.165, 1.54) is 0 Å². The standard InChI is InChI=1S/C25H23BrN2O3/c1-3-30-23-9-5-8-20-22-15-21(16-10-12-18(26)13-11-16)27-28(22)25(31-24(20)23)17-6-4-7-19(14-17)29-2/h4-14,22,25H,3,15H2,1-2H3/t22-,25-/m0/s1. The van der Waals surface area contributed by atoms with Gasteiger partial charge >= 0.3 is 0 Å². The van der Waals surface area contributed by atoms with Gasteiger partial charge in [-0.25, -0.2) is 5.01 Å². The third-order valence-electron chi connectivity index (χ3n) is 5.64. The van der Waals surface area contributed by atoms with Crippen LogP contribution in [0.4, 0.5) is 0 Å². The van der Waals surface area contributed by atoms with Gasteiger partial charge in [-0.05, 0) is 42.8 Å². The van der Waals surface area contributed by atoms with Gasteiger partial charge in [-0.3, -0.25) is 0 Å². The highest BCUT2D eigenvalue weighted by atomic mass is 79.9. The summed E-state index contributed by atoms with van der Waals surface area (Å²) >= 11 is 3.52. The Bertz CT molecular complexity index is 1130. The van der Waals surface area contributed by atoms with E-state index < -0.39 is 0 Å². The smallest absolute Gasteiger partial charge is 0.214 e. The summed E-state index contributed by atoms with van der Waals surface area (Å²) in [6.07, 6.45) is 0.427. The van der Waals surface area contributed by atoms with Gasteiger partial charge < -0.3 is 14.2 Å². The zero-order chi connectivity index (χ0) is 21.4. The number of hydrogen-bond acceptors (Lipinski definition) is 5. The van der Waals surface area contributed by atoms with Crippen molar-refractivity contribution in [3.63, 3.8) is 0 Å². The molecular formula is C25H23BrN2O3. The molecule has 0 N–H and O–H groups in total. The van der Waals surface area contributed by atoms with Crippen LogP contribution >= 0.6 is 15.9 Å². The number of rotatable bonds is 5. The molecule has 5 nitrogen and oxygen atoms in total. The molecular weight excluding hydrogens is 456 g/mol. The van der Waals surface area contributed by atoms with Gasteiger partial charge in [0, 0.05) is 22.0 Å². The van der Waals surface area contributed by atoms with Gasteiger partial charge in [-0.2, -0.15) is 5.10 Å². The summed E-state index contributed by atoms with van der Waals surface area (Å²) in [5, 5.41) is 7.10. The topological polar surface area (TPSA) is 43.3 Å². The molecule has 0 fully saturated rings. The van der Waals surface area contributed by atoms with Crippen LogP contribution in [0.1, 0.15) is 42.3 Å². The Kier molecular flexibility index (Phi) is 5.32. The van der Waals surface area contributed by atoms with Crippen molar-refractivity contribution in [3.05, 3.63) is 87.9 Å². The number of benzene rings is 3. The maximum atomic E-state index is 6.55. The van der Waals surface area contributed by atoms with Crippen molar-refractivity contribution in [2.45, 2.75) is 25.6 Å². The molecule has 0 aliphatic carbocycles. The van der Waals surface area contributed by atoms with E-state index in [4.69, 9.17) is 19.3 Å². The molecule has 3 aromatic rings. The molecule has 0 spiro atoms. The van der Waals surface area contributed by atoms with Crippen molar-refractivity contribution < 1.29 is 14.2 Å². The van der Waals surface area contributed by atoms with Gasteiger partial charge in [0.15, 0.2) is 11.5 Å². The molecule has 0 amide bonds. The molecule has 6 heteroatoms. The van der Waals surface area contributed by atoms with E-state index in [1.807, 2.05) is 55.5 Å². The minimum absolute atomic E-state index is 0.0685. The molecule has 2 atom stereocenters. The van der Waals surface area contributed by atoms with Gasteiger partial charge in [-0.15, -0.1) is 0 Å². The second-order valence-electron chi connectivity index (χ2n) is 7.51. The normalized spacial score (nSPS) is 19.2. The number of ether oxygens (including phenoxy) is 3. The van der Waals surface area contributed by atoms with Gasteiger partial charge in [0.05, 0.1) is 25.5 Å². The van der Waals surface area contributed by atoms with Gasteiger partial charge in [0.2, 0.25) is 6.23 Å². The first-order valence-corrected chi connectivity index (χ1v) is 11.1. The Hall–Kier alpha value is -2.99. The number of fused-ring (bicyclic) bond motifs is 3. The van der Waals surface area contributed by atoms with Crippen molar-refractivity contribution >= 4 is 21.6 Å². The van der Waals surface area contributed by atoms with Crippen LogP contribution in [-0.2, 0) is 0 Å². The van der Waals surface area contributed by atoms with Crippen LogP contribution in [0.25, 0.3) is 0 Å². The lowest BCUT2D eigenvalue weighted by atomic mass is 9.95. The van der Waals surface area contributed by atoms with Crippen LogP contribution in [0.2, 0.25) is 0 Å². The summed E-state index contributed by atoms with van der Waals surface area (Å²) < 4.78 is 18.9. The first-order chi connectivity index (χ1) is 15.2. The second-order valence-corrected chi connectivity index (χ2v) is 8.42. The van der Waals surface area contributed by atoms with Crippen molar-refractivity contribution in [2.24, 2.45) is 5.10 Å². The number of methoxy groups -OCH3 is 1. The Morgan fingerprint density at radius 1 is 1.10 bits per heavy atom. The predicted octanol–water partition coefficient (Wildman–Crippen LogP) is 6.10. The zero-order valence-electron chi connectivity index (χ0n) is 17.4. The van der Waals surface area contributed by atoms with E-state index in [0.29, 0.717) is 6.61 Å². The van der Waals surface area contributed by atoms with Crippen LogP contribution in [0.5, 0.6) is 17.2 Å². The van der Waals surface area contributed by atoms with E-state index in [9.17, 15) is 0 Å². The lowest BCUT2D eigenvalue weighted by Crippen LogP contribution is -2.34. The first-order valence-electron chi connectivity index (χ1n) is 10.4. The summed E-state index contributed by atoms with van der Waals surface area (Å²) in [4.78, 5) is 0. The maximum absolute atomic E-state index is 6.55. The molecule has 2 aliphatic heterocycles. The van der Waals surface area contributed by atoms with Crippen LogP contribution in [0, 0.1) is 0 Å². The van der Waals surface area contributed by atoms with Crippen LogP contribution in [-0.4, -0.2) is 24.4 Å².